The number of aryl methyl sites for hydroxylation is 2. The highest BCUT2D eigenvalue weighted by Gasteiger charge is 2.38. The minimum absolute atomic E-state index is 0.276. The third-order valence-corrected chi connectivity index (χ3v) is 7.21. The molecule has 7 rings (SSSR count). The Morgan fingerprint density at radius 1 is 1.03 bits per heavy atom. The molecule has 2 fully saturated rings. The first-order chi connectivity index (χ1) is 18.1. The van der Waals surface area contributed by atoms with Crippen LogP contribution in [0.1, 0.15) is 12.0 Å². The van der Waals surface area contributed by atoms with E-state index in [1.54, 1.807) is 12.5 Å². The van der Waals surface area contributed by atoms with Crippen molar-refractivity contribution in [2.45, 2.75) is 19.4 Å². The number of ether oxygens (including phenoxy) is 2. The Kier molecular flexibility index (Phi) is 5.14. The lowest BCUT2D eigenvalue weighted by Gasteiger charge is -2.17. The molecule has 0 amide bonds. The summed E-state index contributed by atoms with van der Waals surface area (Å²) in [5.41, 5.74) is 5.22. The molecule has 0 aliphatic carbocycles. The third kappa shape index (κ3) is 3.99. The number of aromatic nitrogens is 6. The number of fused-ring (bicyclic) bond motifs is 3. The Labute approximate surface area is 213 Å². The smallest absolute Gasteiger partial charge is 0.226 e. The van der Waals surface area contributed by atoms with E-state index in [0.717, 1.165) is 59.9 Å². The van der Waals surface area contributed by atoms with Gasteiger partial charge in [0.1, 0.15) is 28.9 Å². The van der Waals surface area contributed by atoms with Crippen LogP contribution in [0.3, 0.4) is 0 Å². The monoisotopic (exact) mass is 494 g/mol. The summed E-state index contributed by atoms with van der Waals surface area (Å²) in [7, 11) is 1.98. The van der Waals surface area contributed by atoms with Gasteiger partial charge in [-0.2, -0.15) is 0 Å². The highest BCUT2D eigenvalue weighted by Crippen LogP contribution is 2.33. The molecule has 0 bridgehead atoms. The van der Waals surface area contributed by atoms with Crippen molar-refractivity contribution < 1.29 is 9.47 Å². The summed E-state index contributed by atoms with van der Waals surface area (Å²) >= 11 is 0. The SMILES string of the molecule is Cc1cc(Nc2ncnc3cnc(N4CC5CCOC5C4)nc23)ccc1Oc1ccc2c(c1)ncn2C. The van der Waals surface area contributed by atoms with Gasteiger partial charge in [-0.15, -0.1) is 0 Å². The maximum Gasteiger partial charge on any atom is 0.226 e. The number of hydrogen-bond acceptors (Lipinski definition) is 9. The van der Waals surface area contributed by atoms with Crippen molar-refractivity contribution in [2.24, 2.45) is 13.0 Å². The first-order valence-electron chi connectivity index (χ1n) is 12.4. The molecule has 0 radical (unpaired) electrons. The standard InChI is InChI=1S/C27H26N8O2/c1-16-9-18(3-6-23(16)37-19-4-5-22-20(10-19)31-15-34(22)2)32-26-25-21(29-14-30-26)11-28-27(33-25)35-12-17-7-8-36-24(17)13-35/h3-6,9-11,14-15,17,24H,7-8,12-13H2,1-2H3,(H,29,30,32). The van der Waals surface area contributed by atoms with Gasteiger partial charge in [0, 0.05) is 44.4 Å². The van der Waals surface area contributed by atoms with Crippen LogP contribution < -0.4 is 15.0 Å². The molecule has 5 heterocycles. The van der Waals surface area contributed by atoms with Gasteiger partial charge in [-0.3, -0.25) is 0 Å². The molecule has 10 nitrogen and oxygen atoms in total. The summed E-state index contributed by atoms with van der Waals surface area (Å²) in [6, 6.07) is 11.9. The summed E-state index contributed by atoms with van der Waals surface area (Å²) in [6.45, 7) is 4.61. The quantitative estimate of drug-likeness (QED) is 0.381. The van der Waals surface area contributed by atoms with Crippen molar-refractivity contribution in [3.8, 4) is 11.5 Å². The molecule has 10 heteroatoms. The lowest BCUT2D eigenvalue weighted by atomic mass is 10.1. The predicted octanol–water partition coefficient (Wildman–Crippen LogP) is 4.38. The normalized spacial score (nSPS) is 19.0. The topological polar surface area (TPSA) is 103 Å². The van der Waals surface area contributed by atoms with Crippen LogP contribution in [0.15, 0.2) is 55.2 Å². The first-order valence-corrected chi connectivity index (χ1v) is 12.4. The van der Waals surface area contributed by atoms with Crippen molar-refractivity contribution in [1.29, 1.82) is 0 Å². The number of hydrogen-bond donors (Lipinski definition) is 1. The van der Waals surface area contributed by atoms with E-state index in [-0.39, 0.29) is 6.10 Å². The van der Waals surface area contributed by atoms with Crippen LogP contribution in [-0.2, 0) is 11.8 Å². The van der Waals surface area contributed by atoms with Gasteiger partial charge in [0.2, 0.25) is 5.95 Å². The third-order valence-electron chi connectivity index (χ3n) is 7.21. The Hall–Kier alpha value is -4.31. The zero-order valence-electron chi connectivity index (χ0n) is 20.6. The van der Waals surface area contributed by atoms with Crippen LogP contribution in [0.4, 0.5) is 17.5 Å². The largest absolute Gasteiger partial charge is 0.457 e. The molecule has 2 saturated heterocycles. The van der Waals surface area contributed by atoms with Crippen molar-refractivity contribution in [3.05, 3.63) is 60.8 Å². The van der Waals surface area contributed by atoms with Crippen molar-refractivity contribution in [2.75, 3.05) is 29.9 Å². The van der Waals surface area contributed by atoms with E-state index in [1.165, 1.54) is 6.33 Å². The van der Waals surface area contributed by atoms with Crippen LogP contribution >= 0.6 is 0 Å². The van der Waals surface area contributed by atoms with E-state index in [4.69, 9.17) is 14.5 Å². The second-order valence-electron chi connectivity index (χ2n) is 9.70. The molecular weight excluding hydrogens is 468 g/mol. The highest BCUT2D eigenvalue weighted by molar-refractivity contribution is 5.87. The second-order valence-corrected chi connectivity index (χ2v) is 9.70. The van der Waals surface area contributed by atoms with Crippen LogP contribution in [0, 0.1) is 12.8 Å². The lowest BCUT2D eigenvalue weighted by molar-refractivity contribution is 0.114. The van der Waals surface area contributed by atoms with Crippen molar-refractivity contribution in [1.82, 2.24) is 29.5 Å². The predicted molar refractivity (Wildman–Crippen MR) is 140 cm³/mol. The maximum absolute atomic E-state index is 6.17. The van der Waals surface area contributed by atoms with E-state index in [2.05, 4.69) is 30.2 Å². The highest BCUT2D eigenvalue weighted by atomic mass is 16.5. The zero-order chi connectivity index (χ0) is 24.9. The molecule has 2 atom stereocenters. The van der Waals surface area contributed by atoms with E-state index < -0.39 is 0 Å². The fraction of sp³-hybridized carbons (Fsp3) is 0.296. The molecule has 2 aromatic carbocycles. The minimum Gasteiger partial charge on any atom is -0.457 e. The summed E-state index contributed by atoms with van der Waals surface area (Å²) < 4.78 is 14.0. The van der Waals surface area contributed by atoms with Gasteiger partial charge in [-0.1, -0.05) is 0 Å². The molecule has 37 heavy (non-hydrogen) atoms. The molecular formula is C27H26N8O2. The second kappa shape index (κ2) is 8.67. The zero-order valence-corrected chi connectivity index (χ0v) is 20.6. The van der Waals surface area contributed by atoms with Crippen LogP contribution in [0.5, 0.6) is 11.5 Å². The van der Waals surface area contributed by atoms with E-state index in [9.17, 15) is 0 Å². The van der Waals surface area contributed by atoms with Crippen molar-refractivity contribution >= 4 is 39.5 Å². The van der Waals surface area contributed by atoms with Gasteiger partial charge >= 0.3 is 0 Å². The van der Waals surface area contributed by atoms with Gasteiger partial charge in [0.25, 0.3) is 0 Å². The maximum atomic E-state index is 6.17. The number of imidazole rings is 1. The summed E-state index contributed by atoms with van der Waals surface area (Å²) in [5, 5.41) is 3.41. The Morgan fingerprint density at radius 3 is 2.86 bits per heavy atom. The number of benzene rings is 2. The number of nitrogens with zero attached hydrogens (tertiary/aromatic N) is 7. The molecule has 186 valence electrons. The average Bonchev–Trinajstić information content (AvgIpc) is 3.61. The Morgan fingerprint density at radius 2 is 1.97 bits per heavy atom. The van der Waals surface area contributed by atoms with Gasteiger partial charge < -0.3 is 24.3 Å². The lowest BCUT2D eigenvalue weighted by Crippen LogP contribution is -2.24. The number of anilines is 3. The molecule has 0 saturated carbocycles. The molecule has 3 aromatic heterocycles. The number of rotatable bonds is 5. The molecule has 0 spiro atoms. The van der Waals surface area contributed by atoms with E-state index in [1.807, 2.05) is 54.9 Å². The molecule has 1 N–H and O–H groups in total. The average molecular weight is 495 g/mol. The van der Waals surface area contributed by atoms with Gasteiger partial charge in [0.15, 0.2) is 5.82 Å². The number of nitrogens with one attached hydrogen (secondary N) is 1. The van der Waals surface area contributed by atoms with Crippen molar-refractivity contribution in [3.63, 3.8) is 0 Å². The summed E-state index contributed by atoms with van der Waals surface area (Å²) in [4.78, 5) is 24.9. The summed E-state index contributed by atoms with van der Waals surface area (Å²) in [5.74, 6) is 3.40. The Bertz CT molecular complexity index is 1620. The van der Waals surface area contributed by atoms with Gasteiger partial charge in [0.05, 0.1) is 29.7 Å². The first kappa shape index (κ1) is 21.9. The fourth-order valence-corrected chi connectivity index (χ4v) is 5.21. The van der Waals surface area contributed by atoms with Gasteiger partial charge in [-0.25, -0.2) is 24.9 Å². The van der Waals surface area contributed by atoms with E-state index in [0.29, 0.717) is 28.7 Å². The molecule has 2 aliphatic heterocycles. The minimum atomic E-state index is 0.276. The molecule has 2 aliphatic rings. The van der Waals surface area contributed by atoms with Crippen LogP contribution in [0.2, 0.25) is 0 Å². The Balaban J connectivity index is 1.13. The molecule has 5 aromatic rings. The van der Waals surface area contributed by atoms with Gasteiger partial charge in [-0.05, 0) is 49.2 Å². The molecule has 2 unspecified atom stereocenters. The van der Waals surface area contributed by atoms with Crippen LogP contribution in [-0.4, -0.2) is 55.3 Å². The van der Waals surface area contributed by atoms with Crippen LogP contribution in [0.25, 0.3) is 22.1 Å². The fourth-order valence-electron chi connectivity index (χ4n) is 5.21. The summed E-state index contributed by atoms with van der Waals surface area (Å²) in [6.07, 6.45) is 6.47. The van der Waals surface area contributed by atoms with E-state index >= 15 is 0 Å².